The van der Waals surface area contributed by atoms with Gasteiger partial charge in [0.1, 0.15) is 11.6 Å². The number of carbonyl (C=O) groups excluding carboxylic acids is 2. The van der Waals surface area contributed by atoms with Crippen LogP contribution in [0, 0.1) is 5.82 Å². The molecular weight excluding hydrogens is 287 g/mol. The van der Waals surface area contributed by atoms with Gasteiger partial charge in [-0.2, -0.15) is 0 Å². The fourth-order valence-corrected chi connectivity index (χ4v) is 1.68. The summed E-state index contributed by atoms with van der Waals surface area (Å²) in [4.78, 5) is 23.2. The smallest absolute Gasteiger partial charge is 0.272 e. The van der Waals surface area contributed by atoms with E-state index in [9.17, 15) is 14.0 Å². The lowest BCUT2D eigenvalue weighted by Gasteiger charge is -2.09. The van der Waals surface area contributed by atoms with E-state index in [0.717, 1.165) is 0 Å². The lowest BCUT2D eigenvalue weighted by molar-refractivity contribution is -0.122. The number of benzene rings is 2. The standard InChI is InChI=1S/C16H15FN2O3/c17-14-9-5-4-8-13(14)16(21)19-18-15(20)10-11-22-12-6-2-1-3-7-12/h1-9H,10-11H2,(H,18,20)(H,19,21). The van der Waals surface area contributed by atoms with Crippen molar-refractivity contribution in [3.05, 3.63) is 66.0 Å². The zero-order chi connectivity index (χ0) is 15.8. The zero-order valence-electron chi connectivity index (χ0n) is 11.7. The molecule has 0 saturated heterocycles. The van der Waals surface area contributed by atoms with Gasteiger partial charge in [0.05, 0.1) is 18.6 Å². The number of hydrogen-bond donors (Lipinski definition) is 2. The second-order valence-electron chi connectivity index (χ2n) is 4.39. The number of carbonyl (C=O) groups is 2. The summed E-state index contributed by atoms with van der Waals surface area (Å²) in [6, 6.07) is 14.6. The van der Waals surface area contributed by atoms with Gasteiger partial charge in [0.15, 0.2) is 0 Å². The van der Waals surface area contributed by atoms with Gasteiger partial charge >= 0.3 is 0 Å². The summed E-state index contributed by atoms with van der Waals surface area (Å²) in [6.45, 7) is 0.172. The van der Waals surface area contributed by atoms with Crippen LogP contribution in [0.1, 0.15) is 16.8 Å². The van der Waals surface area contributed by atoms with Crippen LogP contribution >= 0.6 is 0 Å². The third-order valence-electron chi connectivity index (χ3n) is 2.77. The highest BCUT2D eigenvalue weighted by atomic mass is 19.1. The van der Waals surface area contributed by atoms with Crippen LogP contribution in [0.3, 0.4) is 0 Å². The van der Waals surface area contributed by atoms with Crippen LogP contribution in [0.2, 0.25) is 0 Å². The highest BCUT2D eigenvalue weighted by Gasteiger charge is 2.11. The molecule has 0 aromatic heterocycles. The molecule has 0 saturated carbocycles. The molecule has 0 fully saturated rings. The Kier molecular flexibility index (Phi) is 5.48. The van der Waals surface area contributed by atoms with Gasteiger partial charge < -0.3 is 4.74 Å². The minimum Gasteiger partial charge on any atom is -0.493 e. The minimum atomic E-state index is -0.713. The Bertz CT molecular complexity index is 647. The number of nitrogens with one attached hydrogen (secondary N) is 2. The zero-order valence-corrected chi connectivity index (χ0v) is 11.7. The Balaban J connectivity index is 1.72. The maximum atomic E-state index is 13.4. The lowest BCUT2D eigenvalue weighted by atomic mass is 10.2. The number of halogens is 1. The van der Waals surface area contributed by atoms with Crippen LogP contribution in [0.5, 0.6) is 5.75 Å². The second kappa shape index (κ2) is 7.78. The molecule has 0 spiro atoms. The van der Waals surface area contributed by atoms with Gasteiger partial charge in [-0.25, -0.2) is 4.39 Å². The maximum Gasteiger partial charge on any atom is 0.272 e. The van der Waals surface area contributed by atoms with Crippen molar-refractivity contribution in [3.8, 4) is 5.75 Å². The Labute approximate surface area is 127 Å². The molecule has 0 aliphatic rings. The Morgan fingerprint density at radius 3 is 2.36 bits per heavy atom. The van der Waals surface area contributed by atoms with Gasteiger partial charge in [0.25, 0.3) is 5.91 Å². The maximum absolute atomic E-state index is 13.4. The number of hydrazine groups is 1. The average molecular weight is 302 g/mol. The van der Waals surface area contributed by atoms with Crippen molar-refractivity contribution in [2.24, 2.45) is 0 Å². The molecule has 0 aliphatic heterocycles. The summed E-state index contributed by atoms with van der Waals surface area (Å²) in [5.41, 5.74) is 4.23. The predicted molar refractivity (Wildman–Crippen MR) is 78.6 cm³/mol. The number of para-hydroxylation sites is 1. The molecule has 0 radical (unpaired) electrons. The van der Waals surface area contributed by atoms with Gasteiger partial charge in [-0.15, -0.1) is 0 Å². The predicted octanol–water partition coefficient (Wildman–Crippen LogP) is 2.06. The average Bonchev–Trinajstić information content (AvgIpc) is 2.54. The SMILES string of the molecule is O=C(CCOc1ccccc1)NNC(=O)c1ccccc1F. The summed E-state index contributed by atoms with van der Waals surface area (Å²) in [5, 5.41) is 0. The van der Waals surface area contributed by atoms with Crippen LogP contribution in [-0.2, 0) is 4.79 Å². The van der Waals surface area contributed by atoms with Crippen LogP contribution in [-0.4, -0.2) is 18.4 Å². The molecule has 0 bridgehead atoms. The van der Waals surface area contributed by atoms with Gasteiger partial charge in [0, 0.05) is 0 Å². The van der Waals surface area contributed by atoms with E-state index in [1.54, 1.807) is 12.1 Å². The molecular formula is C16H15FN2O3. The Morgan fingerprint density at radius 2 is 1.64 bits per heavy atom. The molecule has 2 N–H and O–H groups in total. The van der Waals surface area contributed by atoms with Crippen LogP contribution in [0.15, 0.2) is 54.6 Å². The first-order valence-electron chi connectivity index (χ1n) is 6.68. The van der Waals surface area contributed by atoms with Crippen LogP contribution < -0.4 is 15.6 Å². The largest absolute Gasteiger partial charge is 0.493 e. The topological polar surface area (TPSA) is 67.4 Å². The fraction of sp³-hybridized carbons (Fsp3) is 0.125. The van der Waals surface area contributed by atoms with Crippen molar-refractivity contribution >= 4 is 11.8 Å². The molecule has 0 unspecified atom stereocenters. The highest BCUT2D eigenvalue weighted by molar-refractivity contribution is 5.95. The second-order valence-corrected chi connectivity index (χ2v) is 4.39. The number of rotatable bonds is 5. The van der Waals surface area contributed by atoms with Gasteiger partial charge in [-0.05, 0) is 24.3 Å². The molecule has 2 amide bonds. The van der Waals surface area contributed by atoms with Crippen molar-refractivity contribution in [1.82, 2.24) is 10.9 Å². The van der Waals surface area contributed by atoms with Crippen LogP contribution in [0.25, 0.3) is 0 Å². The number of ether oxygens (including phenoxy) is 1. The first kappa shape index (κ1) is 15.5. The molecule has 0 heterocycles. The van der Waals surface area contributed by atoms with Crippen molar-refractivity contribution < 1.29 is 18.7 Å². The minimum absolute atomic E-state index is 0.0620. The van der Waals surface area contributed by atoms with Crippen molar-refractivity contribution in [1.29, 1.82) is 0 Å². The van der Waals surface area contributed by atoms with Gasteiger partial charge in [-0.3, -0.25) is 20.4 Å². The van der Waals surface area contributed by atoms with Gasteiger partial charge in [-0.1, -0.05) is 30.3 Å². The molecule has 2 aromatic carbocycles. The van der Waals surface area contributed by atoms with Crippen molar-refractivity contribution in [3.63, 3.8) is 0 Å². The lowest BCUT2D eigenvalue weighted by Crippen LogP contribution is -2.42. The molecule has 114 valence electrons. The molecule has 2 aromatic rings. The third-order valence-corrected chi connectivity index (χ3v) is 2.77. The summed E-state index contributed by atoms with van der Waals surface area (Å²) in [7, 11) is 0. The van der Waals surface area contributed by atoms with E-state index in [4.69, 9.17) is 4.74 Å². The quantitative estimate of drug-likeness (QED) is 0.831. The number of hydrogen-bond acceptors (Lipinski definition) is 3. The molecule has 0 aliphatic carbocycles. The first-order chi connectivity index (χ1) is 10.7. The van der Waals surface area contributed by atoms with E-state index in [0.29, 0.717) is 5.75 Å². The summed E-state index contributed by atoms with van der Waals surface area (Å²) < 4.78 is 18.7. The summed E-state index contributed by atoms with van der Waals surface area (Å²) in [6.07, 6.45) is 0.0620. The first-order valence-corrected chi connectivity index (χ1v) is 6.68. The van der Waals surface area contributed by atoms with E-state index in [1.807, 2.05) is 18.2 Å². The van der Waals surface area contributed by atoms with E-state index in [-0.39, 0.29) is 18.6 Å². The summed E-state index contributed by atoms with van der Waals surface area (Å²) >= 11 is 0. The molecule has 22 heavy (non-hydrogen) atoms. The van der Waals surface area contributed by atoms with Crippen molar-refractivity contribution in [2.75, 3.05) is 6.61 Å². The van der Waals surface area contributed by atoms with E-state index < -0.39 is 17.6 Å². The Hall–Kier alpha value is -2.89. The van der Waals surface area contributed by atoms with E-state index in [1.165, 1.54) is 24.3 Å². The van der Waals surface area contributed by atoms with Crippen molar-refractivity contribution in [2.45, 2.75) is 6.42 Å². The fourth-order valence-electron chi connectivity index (χ4n) is 1.68. The molecule has 6 heteroatoms. The summed E-state index contributed by atoms with van der Waals surface area (Å²) in [5.74, 6) is -1.14. The Morgan fingerprint density at radius 1 is 0.955 bits per heavy atom. The van der Waals surface area contributed by atoms with Gasteiger partial charge in [0.2, 0.25) is 5.91 Å². The number of amides is 2. The highest BCUT2D eigenvalue weighted by Crippen LogP contribution is 2.08. The monoisotopic (exact) mass is 302 g/mol. The van der Waals surface area contributed by atoms with E-state index in [2.05, 4.69) is 10.9 Å². The molecule has 5 nitrogen and oxygen atoms in total. The van der Waals surface area contributed by atoms with Crippen LogP contribution in [0.4, 0.5) is 4.39 Å². The normalized spacial score (nSPS) is 9.86. The third kappa shape index (κ3) is 4.59. The molecule has 2 rings (SSSR count). The van der Waals surface area contributed by atoms with E-state index >= 15 is 0 Å². The molecule has 0 atom stereocenters.